The average molecular weight is 176 g/mol. The Labute approximate surface area is 82.4 Å². The van der Waals surface area contributed by atoms with Crippen molar-refractivity contribution < 1.29 is 0 Å². The molecule has 0 aliphatic carbocycles. The van der Waals surface area contributed by atoms with Gasteiger partial charge in [-0.25, -0.2) is 0 Å². The molecule has 0 heteroatoms. The molecule has 0 unspecified atom stereocenters. The minimum Gasteiger partial charge on any atom is -0.0958 e. The lowest BCUT2D eigenvalue weighted by Gasteiger charge is -2.00. The third kappa shape index (κ3) is 5.24. The van der Waals surface area contributed by atoms with Crippen LogP contribution in [0.1, 0.15) is 34.1 Å². The van der Waals surface area contributed by atoms with E-state index >= 15 is 0 Å². The minimum absolute atomic E-state index is 1.06. The highest BCUT2D eigenvalue weighted by Gasteiger charge is 1.91. The van der Waals surface area contributed by atoms with Crippen molar-refractivity contribution in [1.29, 1.82) is 0 Å². The molecule has 0 saturated carbocycles. The topological polar surface area (TPSA) is 0 Å². The lowest BCUT2D eigenvalue weighted by atomic mass is 10.1. The highest BCUT2D eigenvalue weighted by Crippen LogP contribution is 2.12. The van der Waals surface area contributed by atoms with Crippen LogP contribution in [0.5, 0.6) is 0 Å². The normalized spacial score (nSPS) is 13.8. The van der Waals surface area contributed by atoms with Crippen molar-refractivity contribution in [3.05, 3.63) is 47.6 Å². The summed E-state index contributed by atoms with van der Waals surface area (Å²) < 4.78 is 0. The van der Waals surface area contributed by atoms with E-state index in [4.69, 9.17) is 0 Å². The Balaban J connectivity index is 4.62. The van der Waals surface area contributed by atoms with Crippen molar-refractivity contribution in [2.45, 2.75) is 34.1 Å². The van der Waals surface area contributed by atoms with E-state index < -0.39 is 0 Å². The van der Waals surface area contributed by atoms with Crippen molar-refractivity contribution in [3.63, 3.8) is 0 Å². The maximum absolute atomic E-state index is 3.91. The lowest BCUT2D eigenvalue weighted by Crippen LogP contribution is -1.80. The molecule has 0 aromatic rings. The Morgan fingerprint density at radius 2 is 1.92 bits per heavy atom. The molecule has 0 spiro atoms. The van der Waals surface area contributed by atoms with E-state index in [2.05, 4.69) is 38.7 Å². The van der Waals surface area contributed by atoms with Gasteiger partial charge in [0, 0.05) is 0 Å². The van der Waals surface area contributed by atoms with E-state index in [1.54, 1.807) is 0 Å². The van der Waals surface area contributed by atoms with Gasteiger partial charge in [0.15, 0.2) is 0 Å². The fraction of sp³-hybridized carbons (Fsp3) is 0.385. The van der Waals surface area contributed by atoms with Crippen LogP contribution in [-0.2, 0) is 0 Å². The summed E-state index contributed by atoms with van der Waals surface area (Å²) in [5.74, 6) is 0. The minimum atomic E-state index is 1.06. The van der Waals surface area contributed by atoms with Gasteiger partial charge in [0.05, 0.1) is 0 Å². The van der Waals surface area contributed by atoms with Gasteiger partial charge >= 0.3 is 0 Å². The summed E-state index contributed by atoms with van der Waals surface area (Å²) in [6.45, 7) is 12.2. The molecule has 0 aliphatic rings. The summed E-state index contributed by atoms with van der Waals surface area (Å²) in [6, 6.07) is 0. The Bertz CT molecular complexity index is 249. The van der Waals surface area contributed by atoms with Crippen LogP contribution in [0.2, 0.25) is 0 Å². The maximum Gasteiger partial charge on any atom is -0.0307 e. The third-order valence-corrected chi connectivity index (χ3v) is 1.99. The molecule has 0 saturated heterocycles. The van der Waals surface area contributed by atoms with Crippen LogP contribution in [0, 0.1) is 0 Å². The predicted octanol–water partition coefficient (Wildman–Crippen LogP) is 4.42. The Morgan fingerprint density at radius 3 is 2.31 bits per heavy atom. The number of hydrogen-bond donors (Lipinski definition) is 0. The SMILES string of the molecule is C=C(C)/C(C)=C/C(=C/C=C\C)CC. The number of rotatable bonds is 4. The summed E-state index contributed by atoms with van der Waals surface area (Å²) in [6.07, 6.45) is 9.52. The Kier molecular flexibility index (Phi) is 5.96. The quantitative estimate of drug-likeness (QED) is 0.556. The molecule has 0 radical (unpaired) electrons. The van der Waals surface area contributed by atoms with E-state index in [0.29, 0.717) is 0 Å². The smallest absolute Gasteiger partial charge is 0.0307 e. The third-order valence-electron chi connectivity index (χ3n) is 1.99. The molecule has 0 nitrogen and oxygen atoms in total. The fourth-order valence-corrected chi connectivity index (χ4v) is 0.889. The van der Waals surface area contributed by atoms with E-state index in [1.807, 2.05) is 19.9 Å². The van der Waals surface area contributed by atoms with Crippen molar-refractivity contribution in [1.82, 2.24) is 0 Å². The molecule has 0 fully saturated rings. The van der Waals surface area contributed by atoms with Gasteiger partial charge in [-0.2, -0.15) is 0 Å². The molecule has 0 atom stereocenters. The first-order valence-electron chi connectivity index (χ1n) is 4.77. The van der Waals surface area contributed by atoms with E-state index in [-0.39, 0.29) is 0 Å². The van der Waals surface area contributed by atoms with Crippen LogP contribution in [0.4, 0.5) is 0 Å². The average Bonchev–Trinajstić information content (AvgIpc) is 2.11. The van der Waals surface area contributed by atoms with Gasteiger partial charge in [0.2, 0.25) is 0 Å². The molecule has 0 aromatic carbocycles. The molecular formula is C13H20. The number of allylic oxidation sites excluding steroid dienone is 7. The largest absolute Gasteiger partial charge is 0.0958 e. The van der Waals surface area contributed by atoms with E-state index in [0.717, 1.165) is 12.0 Å². The van der Waals surface area contributed by atoms with Crippen molar-refractivity contribution in [3.8, 4) is 0 Å². The molecule has 0 aliphatic heterocycles. The first-order chi connectivity index (χ1) is 6.11. The Hall–Kier alpha value is -1.04. The first-order valence-corrected chi connectivity index (χ1v) is 4.77. The van der Waals surface area contributed by atoms with Crippen LogP contribution in [-0.4, -0.2) is 0 Å². The van der Waals surface area contributed by atoms with Gasteiger partial charge in [-0.15, -0.1) is 0 Å². The highest BCUT2D eigenvalue weighted by atomic mass is 14.0. The summed E-state index contributed by atoms with van der Waals surface area (Å²) in [4.78, 5) is 0. The van der Waals surface area contributed by atoms with Gasteiger partial charge in [-0.3, -0.25) is 0 Å². The van der Waals surface area contributed by atoms with Gasteiger partial charge in [-0.05, 0) is 38.3 Å². The molecule has 0 aromatic heterocycles. The van der Waals surface area contributed by atoms with E-state index in [9.17, 15) is 0 Å². The van der Waals surface area contributed by atoms with Gasteiger partial charge in [0.25, 0.3) is 0 Å². The molecule has 0 bridgehead atoms. The second-order valence-corrected chi connectivity index (χ2v) is 3.23. The Morgan fingerprint density at radius 1 is 1.31 bits per heavy atom. The number of hydrogen-bond acceptors (Lipinski definition) is 0. The lowest BCUT2D eigenvalue weighted by molar-refractivity contribution is 1.14. The first kappa shape index (κ1) is 12.0. The van der Waals surface area contributed by atoms with Crippen LogP contribution in [0.25, 0.3) is 0 Å². The molecular weight excluding hydrogens is 156 g/mol. The molecule has 72 valence electrons. The molecule has 0 amide bonds. The summed E-state index contributed by atoms with van der Waals surface area (Å²) >= 11 is 0. The molecule has 0 rings (SSSR count). The van der Waals surface area contributed by atoms with Crippen LogP contribution in [0.3, 0.4) is 0 Å². The maximum atomic E-state index is 3.91. The van der Waals surface area contributed by atoms with E-state index in [1.165, 1.54) is 11.1 Å². The molecule has 0 heterocycles. The van der Waals surface area contributed by atoms with Crippen LogP contribution >= 0.6 is 0 Å². The zero-order valence-electron chi connectivity index (χ0n) is 9.22. The standard InChI is InChI=1S/C13H20/c1-6-8-9-13(7-2)10-12(5)11(3)4/h6,8-10H,3,7H2,1-2,4-5H3/b8-6-,12-10+,13-9+. The van der Waals surface area contributed by atoms with Crippen molar-refractivity contribution in [2.75, 3.05) is 0 Å². The van der Waals surface area contributed by atoms with Crippen molar-refractivity contribution >= 4 is 0 Å². The zero-order chi connectivity index (χ0) is 10.3. The molecule has 13 heavy (non-hydrogen) atoms. The summed E-state index contributed by atoms with van der Waals surface area (Å²) in [7, 11) is 0. The summed E-state index contributed by atoms with van der Waals surface area (Å²) in [5, 5.41) is 0. The van der Waals surface area contributed by atoms with Crippen LogP contribution in [0.15, 0.2) is 47.6 Å². The second-order valence-electron chi connectivity index (χ2n) is 3.23. The van der Waals surface area contributed by atoms with Crippen molar-refractivity contribution in [2.24, 2.45) is 0 Å². The van der Waals surface area contributed by atoms with Gasteiger partial charge in [0.1, 0.15) is 0 Å². The fourth-order valence-electron chi connectivity index (χ4n) is 0.889. The predicted molar refractivity (Wildman–Crippen MR) is 61.8 cm³/mol. The zero-order valence-corrected chi connectivity index (χ0v) is 9.22. The van der Waals surface area contributed by atoms with Gasteiger partial charge in [-0.1, -0.05) is 43.4 Å². The summed E-state index contributed by atoms with van der Waals surface area (Å²) in [5.41, 5.74) is 3.75. The monoisotopic (exact) mass is 176 g/mol. The van der Waals surface area contributed by atoms with Crippen LogP contribution < -0.4 is 0 Å². The highest BCUT2D eigenvalue weighted by molar-refractivity contribution is 5.34. The second kappa shape index (κ2) is 6.47. The van der Waals surface area contributed by atoms with Gasteiger partial charge < -0.3 is 0 Å². The molecule has 0 N–H and O–H groups in total.